The maximum absolute atomic E-state index is 13.1. The van der Waals surface area contributed by atoms with E-state index in [-0.39, 0.29) is 24.5 Å². The average Bonchev–Trinajstić information content (AvgIpc) is 2.69. The monoisotopic (exact) mass is 491 g/mol. The molecule has 3 amide bonds. The minimum atomic E-state index is -0.902. The van der Waals surface area contributed by atoms with Crippen LogP contribution >= 0.6 is 23.2 Å². The average molecular weight is 492 g/mol. The summed E-state index contributed by atoms with van der Waals surface area (Å²) in [4.78, 5) is 26.8. The molecule has 1 saturated carbocycles. The minimum absolute atomic E-state index is 0.0180. The van der Waals surface area contributed by atoms with Crippen LogP contribution in [0.15, 0.2) is 42.5 Å². The van der Waals surface area contributed by atoms with Gasteiger partial charge < -0.3 is 20.6 Å². The minimum Gasteiger partial charge on any atom is -0.387 e. The van der Waals surface area contributed by atoms with Crippen molar-refractivity contribution in [1.82, 2.24) is 10.2 Å². The number of nitrogens with zero attached hydrogens (tertiary/aromatic N) is 1. The van der Waals surface area contributed by atoms with Gasteiger partial charge in [0.2, 0.25) is 5.91 Å². The normalized spacial score (nSPS) is 14.8. The second kappa shape index (κ2) is 10.8. The van der Waals surface area contributed by atoms with E-state index in [9.17, 15) is 14.7 Å². The number of rotatable bonds is 7. The summed E-state index contributed by atoms with van der Waals surface area (Å²) < 4.78 is 0. The van der Waals surface area contributed by atoms with Crippen LogP contribution in [0.3, 0.4) is 0 Å². The molecule has 0 bridgehead atoms. The number of carbonyl (C=O) groups excluding carboxylic acids is 2. The van der Waals surface area contributed by atoms with Crippen molar-refractivity contribution in [3.8, 4) is 0 Å². The van der Waals surface area contributed by atoms with E-state index in [1.165, 1.54) is 0 Å². The van der Waals surface area contributed by atoms with E-state index in [1.54, 1.807) is 23.1 Å². The van der Waals surface area contributed by atoms with Crippen LogP contribution in [-0.2, 0) is 11.3 Å². The van der Waals surface area contributed by atoms with E-state index in [1.807, 2.05) is 45.0 Å². The van der Waals surface area contributed by atoms with Crippen LogP contribution in [0.25, 0.3) is 0 Å². The van der Waals surface area contributed by atoms with Crippen LogP contribution in [0.4, 0.5) is 10.5 Å². The molecule has 0 saturated heterocycles. The third-order valence-electron chi connectivity index (χ3n) is 5.76. The number of carbonyl (C=O) groups is 2. The Kier molecular flexibility index (Phi) is 8.27. The van der Waals surface area contributed by atoms with E-state index in [2.05, 4.69) is 10.6 Å². The van der Waals surface area contributed by atoms with E-state index in [4.69, 9.17) is 23.2 Å². The quantitative estimate of drug-likeness (QED) is 0.459. The zero-order valence-corrected chi connectivity index (χ0v) is 20.7. The Morgan fingerprint density at radius 3 is 2.21 bits per heavy atom. The molecule has 1 aliphatic carbocycles. The molecule has 0 heterocycles. The molecule has 0 radical (unpaired) electrons. The fourth-order valence-electron chi connectivity index (χ4n) is 3.50. The first-order chi connectivity index (χ1) is 15.5. The highest BCUT2D eigenvalue weighted by Gasteiger charge is 2.31. The Balaban J connectivity index is 1.62. The number of anilines is 1. The van der Waals surface area contributed by atoms with Gasteiger partial charge in [-0.05, 0) is 60.7 Å². The number of aliphatic hydroxyl groups excluding tert-OH is 1. The van der Waals surface area contributed by atoms with Gasteiger partial charge in [-0.25, -0.2) is 4.79 Å². The molecule has 0 aromatic heterocycles. The van der Waals surface area contributed by atoms with E-state index in [0.717, 1.165) is 24.8 Å². The Hall–Kier alpha value is -2.28. The molecule has 0 aliphatic heterocycles. The molecule has 8 heteroatoms. The van der Waals surface area contributed by atoms with Crippen molar-refractivity contribution in [2.45, 2.75) is 58.7 Å². The molecule has 6 nitrogen and oxygen atoms in total. The first-order valence-corrected chi connectivity index (χ1v) is 11.9. The Morgan fingerprint density at radius 2 is 1.70 bits per heavy atom. The first-order valence-electron chi connectivity index (χ1n) is 11.1. The Morgan fingerprint density at radius 1 is 1.09 bits per heavy atom. The highest BCUT2D eigenvalue weighted by molar-refractivity contribution is 6.34. The van der Waals surface area contributed by atoms with Gasteiger partial charge in [0.1, 0.15) is 0 Å². The Bertz CT molecular complexity index is 965. The molecule has 1 atom stereocenters. The maximum atomic E-state index is 13.1. The summed E-state index contributed by atoms with van der Waals surface area (Å²) in [6.45, 7) is 6.17. The van der Waals surface area contributed by atoms with Crippen LogP contribution in [-0.4, -0.2) is 34.5 Å². The van der Waals surface area contributed by atoms with Crippen molar-refractivity contribution in [3.63, 3.8) is 0 Å². The van der Waals surface area contributed by atoms with Crippen molar-refractivity contribution >= 4 is 40.8 Å². The summed E-state index contributed by atoms with van der Waals surface area (Å²) in [6, 6.07) is 12.1. The molecular formula is C25H31Cl2N3O3. The molecule has 1 fully saturated rings. The molecule has 2 aromatic rings. The number of nitrogens with one attached hydrogen (secondary N) is 2. The van der Waals surface area contributed by atoms with Crippen LogP contribution in [0, 0.1) is 5.41 Å². The predicted molar refractivity (Wildman–Crippen MR) is 133 cm³/mol. The van der Waals surface area contributed by atoms with Gasteiger partial charge in [0.25, 0.3) is 0 Å². The SMILES string of the molecule is CC(C)(C)C(=O)NCc1ccc(NC(=O)N(CC(O)c2cc(Cl)cc(Cl)c2)C2CCC2)cc1. The standard InChI is InChI=1S/C25H31Cl2N3O3/c1-25(2,3)23(32)28-14-16-7-9-20(10-8-16)29-24(33)30(21-5-4-6-21)15-22(31)17-11-18(26)13-19(27)12-17/h7-13,21-22,31H,4-6,14-15H2,1-3H3,(H,28,32)(H,29,33). The molecule has 1 aliphatic rings. The highest BCUT2D eigenvalue weighted by Crippen LogP contribution is 2.29. The van der Waals surface area contributed by atoms with Gasteiger partial charge >= 0.3 is 6.03 Å². The maximum Gasteiger partial charge on any atom is 0.322 e. The van der Waals surface area contributed by atoms with Crippen LogP contribution < -0.4 is 10.6 Å². The number of halogens is 2. The molecule has 3 rings (SSSR count). The summed E-state index contributed by atoms with van der Waals surface area (Å²) in [5.74, 6) is -0.0180. The van der Waals surface area contributed by atoms with Gasteiger partial charge in [-0.3, -0.25) is 4.79 Å². The molecule has 3 N–H and O–H groups in total. The lowest BCUT2D eigenvalue weighted by atomic mass is 9.91. The van der Waals surface area contributed by atoms with Crippen LogP contribution in [0.1, 0.15) is 57.3 Å². The third kappa shape index (κ3) is 7.10. The molecule has 33 heavy (non-hydrogen) atoms. The molecular weight excluding hydrogens is 461 g/mol. The number of hydrogen-bond acceptors (Lipinski definition) is 3. The van der Waals surface area contributed by atoms with Crippen molar-refractivity contribution < 1.29 is 14.7 Å². The van der Waals surface area contributed by atoms with Crippen molar-refractivity contribution in [1.29, 1.82) is 0 Å². The van der Waals surface area contributed by atoms with Gasteiger partial charge in [0.15, 0.2) is 0 Å². The van der Waals surface area contributed by atoms with Gasteiger partial charge in [0, 0.05) is 33.7 Å². The second-order valence-corrected chi connectivity index (χ2v) is 10.4. The number of hydrogen-bond donors (Lipinski definition) is 3. The first kappa shape index (κ1) is 25.3. The van der Waals surface area contributed by atoms with E-state index < -0.39 is 11.5 Å². The van der Waals surface area contributed by atoms with Gasteiger partial charge in [-0.2, -0.15) is 0 Å². The van der Waals surface area contributed by atoms with E-state index >= 15 is 0 Å². The van der Waals surface area contributed by atoms with Crippen LogP contribution in [0.5, 0.6) is 0 Å². The fourth-order valence-corrected chi connectivity index (χ4v) is 4.05. The topological polar surface area (TPSA) is 81.7 Å². The Labute approximate surface area is 205 Å². The summed E-state index contributed by atoms with van der Waals surface area (Å²) >= 11 is 12.1. The smallest absolute Gasteiger partial charge is 0.322 e. The lowest BCUT2D eigenvalue weighted by Crippen LogP contribution is -2.48. The zero-order chi connectivity index (χ0) is 24.2. The fraction of sp³-hybridized carbons (Fsp3) is 0.440. The second-order valence-electron chi connectivity index (χ2n) is 9.52. The predicted octanol–water partition coefficient (Wildman–Crippen LogP) is 5.78. The largest absolute Gasteiger partial charge is 0.387 e. The lowest BCUT2D eigenvalue weighted by Gasteiger charge is -2.38. The molecule has 178 valence electrons. The molecule has 0 spiro atoms. The third-order valence-corrected chi connectivity index (χ3v) is 6.19. The molecule has 1 unspecified atom stereocenters. The molecule has 2 aromatic carbocycles. The number of benzene rings is 2. The summed E-state index contributed by atoms with van der Waals surface area (Å²) in [6.07, 6.45) is 1.97. The zero-order valence-electron chi connectivity index (χ0n) is 19.2. The van der Waals surface area contributed by atoms with Crippen molar-refractivity contribution in [3.05, 3.63) is 63.6 Å². The summed E-state index contributed by atoms with van der Waals surface area (Å²) in [5, 5.41) is 17.5. The van der Waals surface area contributed by atoms with Gasteiger partial charge in [-0.1, -0.05) is 56.1 Å². The number of amides is 3. The van der Waals surface area contributed by atoms with Crippen molar-refractivity contribution in [2.24, 2.45) is 5.41 Å². The van der Waals surface area contributed by atoms with Gasteiger partial charge in [0.05, 0.1) is 12.6 Å². The van der Waals surface area contributed by atoms with Gasteiger partial charge in [-0.15, -0.1) is 0 Å². The van der Waals surface area contributed by atoms with Crippen LogP contribution in [0.2, 0.25) is 10.0 Å². The number of urea groups is 1. The number of aliphatic hydroxyl groups is 1. The lowest BCUT2D eigenvalue weighted by molar-refractivity contribution is -0.128. The van der Waals surface area contributed by atoms with Crippen molar-refractivity contribution in [2.75, 3.05) is 11.9 Å². The van der Waals surface area contributed by atoms with E-state index in [0.29, 0.717) is 27.8 Å². The summed E-state index contributed by atoms with van der Waals surface area (Å²) in [7, 11) is 0. The summed E-state index contributed by atoms with van der Waals surface area (Å²) in [5.41, 5.74) is 1.72. The highest BCUT2D eigenvalue weighted by atomic mass is 35.5.